The van der Waals surface area contributed by atoms with Gasteiger partial charge in [0.2, 0.25) is 0 Å². The van der Waals surface area contributed by atoms with E-state index in [-0.39, 0.29) is 12.1 Å². The van der Waals surface area contributed by atoms with Gasteiger partial charge in [0.1, 0.15) is 0 Å². The molecule has 1 saturated heterocycles. The van der Waals surface area contributed by atoms with Crippen LogP contribution in [-0.2, 0) is 16.0 Å². The highest BCUT2D eigenvalue weighted by Crippen LogP contribution is 2.10. The number of benzene rings is 1. The van der Waals surface area contributed by atoms with Gasteiger partial charge in [-0.05, 0) is 18.2 Å². The van der Waals surface area contributed by atoms with E-state index in [1.54, 1.807) is 6.07 Å². The van der Waals surface area contributed by atoms with Crippen LogP contribution in [-0.4, -0.2) is 56.9 Å². The number of ether oxygens (including phenoxy) is 2. The summed E-state index contributed by atoms with van der Waals surface area (Å²) in [6, 6.07) is 7.51. The molecule has 2 rings (SSSR count). The Morgan fingerprint density at radius 3 is 3.05 bits per heavy atom. The Morgan fingerprint density at radius 1 is 1.48 bits per heavy atom. The molecule has 5 nitrogen and oxygen atoms in total. The Bertz CT molecular complexity index is 465. The number of nitrogens with one attached hydrogen (secondary N) is 1. The van der Waals surface area contributed by atoms with Crippen molar-refractivity contribution in [2.45, 2.75) is 19.6 Å². The Balaban J connectivity index is 1.85. The second kappa shape index (κ2) is 8.12. The van der Waals surface area contributed by atoms with Crippen molar-refractivity contribution in [2.24, 2.45) is 0 Å². The van der Waals surface area contributed by atoms with Gasteiger partial charge in [-0.3, -0.25) is 4.90 Å². The molecule has 1 aliphatic heterocycles. The van der Waals surface area contributed by atoms with E-state index < -0.39 is 0 Å². The number of carbonyl (C=O) groups is 1. The average Bonchev–Trinajstić information content (AvgIpc) is 2.55. The van der Waals surface area contributed by atoms with E-state index in [1.807, 2.05) is 18.2 Å². The fraction of sp³-hybridized carbons (Fsp3) is 0.562. The predicted molar refractivity (Wildman–Crippen MR) is 81.3 cm³/mol. The second-order valence-electron chi connectivity index (χ2n) is 5.17. The summed E-state index contributed by atoms with van der Waals surface area (Å²) in [5.74, 6) is -0.293. The van der Waals surface area contributed by atoms with Crippen LogP contribution in [0.1, 0.15) is 22.8 Å². The molecule has 0 saturated carbocycles. The van der Waals surface area contributed by atoms with Crippen molar-refractivity contribution in [1.29, 1.82) is 0 Å². The second-order valence-corrected chi connectivity index (χ2v) is 5.17. The normalized spacial score (nSPS) is 19.4. The highest BCUT2D eigenvalue weighted by Gasteiger charge is 2.19. The van der Waals surface area contributed by atoms with Crippen molar-refractivity contribution >= 4 is 5.97 Å². The van der Waals surface area contributed by atoms with Gasteiger partial charge >= 0.3 is 5.97 Å². The Kier molecular flexibility index (Phi) is 6.17. The molecule has 0 aromatic heterocycles. The molecule has 1 heterocycles. The van der Waals surface area contributed by atoms with Crippen LogP contribution in [0.15, 0.2) is 24.3 Å². The summed E-state index contributed by atoms with van der Waals surface area (Å²) in [5, 5.41) is 3.38. The number of likely N-dealkylation sites (N-methyl/N-ethyl adjacent to an activating group) is 1. The molecule has 5 heteroatoms. The molecular formula is C16H24N2O3. The van der Waals surface area contributed by atoms with Gasteiger partial charge in [0, 0.05) is 26.2 Å². The van der Waals surface area contributed by atoms with Gasteiger partial charge in [0.05, 0.1) is 25.4 Å². The quantitative estimate of drug-likeness (QED) is 0.801. The van der Waals surface area contributed by atoms with Crippen LogP contribution in [0.2, 0.25) is 0 Å². The van der Waals surface area contributed by atoms with E-state index in [0.717, 1.165) is 38.3 Å². The minimum absolute atomic E-state index is 0.212. The third-order valence-corrected chi connectivity index (χ3v) is 3.78. The van der Waals surface area contributed by atoms with E-state index in [4.69, 9.17) is 9.47 Å². The lowest BCUT2D eigenvalue weighted by Gasteiger charge is -2.32. The maximum atomic E-state index is 11.7. The fourth-order valence-corrected chi connectivity index (χ4v) is 2.54. The number of morpholine rings is 1. The number of methoxy groups -OCH3 is 1. The van der Waals surface area contributed by atoms with Crippen molar-refractivity contribution in [1.82, 2.24) is 10.2 Å². The summed E-state index contributed by atoms with van der Waals surface area (Å²) < 4.78 is 10.6. The van der Waals surface area contributed by atoms with E-state index in [2.05, 4.69) is 17.1 Å². The average molecular weight is 292 g/mol. The van der Waals surface area contributed by atoms with Crippen molar-refractivity contribution in [2.75, 3.05) is 39.9 Å². The topological polar surface area (TPSA) is 50.8 Å². The van der Waals surface area contributed by atoms with Crippen LogP contribution in [0.4, 0.5) is 0 Å². The van der Waals surface area contributed by atoms with E-state index in [9.17, 15) is 4.79 Å². The molecule has 1 aliphatic rings. The molecular weight excluding hydrogens is 268 g/mol. The van der Waals surface area contributed by atoms with Crippen LogP contribution in [0.5, 0.6) is 0 Å². The van der Waals surface area contributed by atoms with Gasteiger partial charge < -0.3 is 14.8 Å². The summed E-state index contributed by atoms with van der Waals surface area (Å²) in [5.41, 5.74) is 1.57. The minimum atomic E-state index is -0.293. The zero-order chi connectivity index (χ0) is 15.1. The standard InChI is InChI=1S/C16H24N2O3/c1-3-18-8-9-21-14(12-18)11-17-10-13-6-4-5-7-15(13)16(19)20-2/h4-7,14,17H,3,8-12H2,1-2H3. The summed E-state index contributed by atoms with van der Waals surface area (Å²) in [6.45, 7) is 7.41. The number of carbonyl (C=O) groups excluding carboxylic acids is 1. The zero-order valence-electron chi connectivity index (χ0n) is 12.8. The lowest BCUT2D eigenvalue weighted by molar-refractivity contribution is -0.0253. The molecule has 0 bridgehead atoms. The molecule has 0 aliphatic carbocycles. The molecule has 0 spiro atoms. The SMILES string of the molecule is CCN1CCOC(CNCc2ccccc2C(=O)OC)C1. The molecule has 1 aromatic rings. The summed E-state index contributed by atoms with van der Waals surface area (Å²) in [7, 11) is 1.40. The largest absolute Gasteiger partial charge is 0.465 e. The summed E-state index contributed by atoms with van der Waals surface area (Å²) in [4.78, 5) is 14.1. The van der Waals surface area contributed by atoms with Gasteiger partial charge in [0.15, 0.2) is 0 Å². The van der Waals surface area contributed by atoms with Gasteiger partial charge in [-0.2, -0.15) is 0 Å². The number of rotatable bonds is 6. The smallest absolute Gasteiger partial charge is 0.338 e. The van der Waals surface area contributed by atoms with Gasteiger partial charge in [-0.1, -0.05) is 25.1 Å². The Hall–Kier alpha value is -1.43. The van der Waals surface area contributed by atoms with Crippen LogP contribution >= 0.6 is 0 Å². The molecule has 1 unspecified atom stereocenters. The molecule has 0 amide bonds. The van der Waals surface area contributed by atoms with E-state index in [1.165, 1.54) is 7.11 Å². The van der Waals surface area contributed by atoms with Crippen LogP contribution in [0.25, 0.3) is 0 Å². The Labute approximate surface area is 126 Å². The third kappa shape index (κ3) is 4.52. The number of hydrogen-bond donors (Lipinski definition) is 1. The summed E-state index contributed by atoms with van der Waals surface area (Å²) in [6.07, 6.45) is 0.212. The number of nitrogens with zero attached hydrogens (tertiary/aromatic N) is 1. The monoisotopic (exact) mass is 292 g/mol. The maximum Gasteiger partial charge on any atom is 0.338 e. The number of hydrogen-bond acceptors (Lipinski definition) is 5. The lowest BCUT2D eigenvalue weighted by atomic mass is 10.1. The van der Waals surface area contributed by atoms with E-state index >= 15 is 0 Å². The van der Waals surface area contributed by atoms with Crippen LogP contribution < -0.4 is 5.32 Å². The molecule has 1 aromatic carbocycles. The molecule has 1 atom stereocenters. The molecule has 1 N–H and O–H groups in total. The predicted octanol–water partition coefficient (Wildman–Crippen LogP) is 1.28. The van der Waals surface area contributed by atoms with Gasteiger partial charge in [-0.25, -0.2) is 4.79 Å². The zero-order valence-corrected chi connectivity index (χ0v) is 12.8. The fourth-order valence-electron chi connectivity index (χ4n) is 2.54. The van der Waals surface area contributed by atoms with Crippen LogP contribution in [0.3, 0.4) is 0 Å². The van der Waals surface area contributed by atoms with Crippen molar-refractivity contribution in [3.05, 3.63) is 35.4 Å². The molecule has 1 fully saturated rings. The first kappa shape index (κ1) is 15.9. The van der Waals surface area contributed by atoms with E-state index in [0.29, 0.717) is 12.1 Å². The van der Waals surface area contributed by atoms with Crippen molar-refractivity contribution in [3.63, 3.8) is 0 Å². The van der Waals surface area contributed by atoms with Crippen molar-refractivity contribution in [3.8, 4) is 0 Å². The van der Waals surface area contributed by atoms with Crippen LogP contribution in [0, 0.1) is 0 Å². The first-order valence-corrected chi connectivity index (χ1v) is 7.45. The highest BCUT2D eigenvalue weighted by atomic mass is 16.5. The molecule has 116 valence electrons. The maximum absolute atomic E-state index is 11.7. The molecule has 21 heavy (non-hydrogen) atoms. The highest BCUT2D eigenvalue weighted by molar-refractivity contribution is 5.90. The first-order chi connectivity index (χ1) is 10.2. The summed E-state index contributed by atoms with van der Waals surface area (Å²) >= 11 is 0. The lowest BCUT2D eigenvalue weighted by Crippen LogP contribution is -2.46. The molecule has 0 radical (unpaired) electrons. The minimum Gasteiger partial charge on any atom is -0.465 e. The third-order valence-electron chi connectivity index (χ3n) is 3.78. The van der Waals surface area contributed by atoms with Gasteiger partial charge in [-0.15, -0.1) is 0 Å². The number of esters is 1. The first-order valence-electron chi connectivity index (χ1n) is 7.45. The Morgan fingerprint density at radius 2 is 2.29 bits per heavy atom. The van der Waals surface area contributed by atoms with Gasteiger partial charge in [0.25, 0.3) is 0 Å². The van der Waals surface area contributed by atoms with Crippen molar-refractivity contribution < 1.29 is 14.3 Å².